The summed E-state index contributed by atoms with van der Waals surface area (Å²) in [4.78, 5) is 42.3. The number of nitrogens with one attached hydrogen (secondary N) is 1. The maximum absolute atomic E-state index is 12.7. The minimum atomic E-state index is -0.773. The molecule has 9 heteroatoms. The predicted molar refractivity (Wildman–Crippen MR) is 140 cm³/mol. The molecule has 2 heterocycles. The molecule has 0 aliphatic rings. The minimum absolute atomic E-state index is 0.00442. The number of carbonyl (C=O) groups is 2. The van der Waals surface area contributed by atoms with E-state index in [0.717, 1.165) is 20.8 Å². The number of anilines is 1. The fourth-order valence-corrected chi connectivity index (χ4v) is 4.92. The molecule has 5 rings (SSSR count). The smallest absolute Gasteiger partial charge is 0.359 e. The summed E-state index contributed by atoms with van der Waals surface area (Å²) in [7, 11) is 0. The highest BCUT2D eigenvalue weighted by Crippen LogP contribution is 2.31. The zero-order valence-electron chi connectivity index (χ0n) is 19.6. The van der Waals surface area contributed by atoms with Crippen LogP contribution < -0.4 is 10.9 Å². The van der Waals surface area contributed by atoms with Gasteiger partial charge >= 0.3 is 5.97 Å². The molecular formula is C27H22N4O4S. The van der Waals surface area contributed by atoms with E-state index in [4.69, 9.17) is 4.74 Å². The number of aromatic nitrogens is 3. The average molecular weight is 499 g/mol. The summed E-state index contributed by atoms with van der Waals surface area (Å²) in [5, 5.41) is 8.51. The molecule has 1 N–H and O–H groups in total. The Morgan fingerprint density at radius 1 is 1.03 bits per heavy atom. The van der Waals surface area contributed by atoms with Crippen LogP contribution in [0.4, 0.5) is 5.69 Å². The molecule has 0 aliphatic heterocycles. The fraction of sp³-hybridized carbons (Fsp3) is 0.148. The molecule has 0 spiro atoms. The van der Waals surface area contributed by atoms with E-state index in [-0.39, 0.29) is 11.3 Å². The summed E-state index contributed by atoms with van der Waals surface area (Å²) in [6.07, 6.45) is 0. The molecule has 180 valence electrons. The summed E-state index contributed by atoms with van der Waals surface area (Å²) >= 11 is 1.61. The van der Waals surface area contributed by atoms with Gasteiger partial charge in [-0.25, -0.2) is 14.5 Å². The molecule has 0 aliphatic carbocycles. The van der Waals surface area contributed by atoms with Gasteiger partial charge in [0.15, 0.2) is 12.3 Å². The van der Waals surface area contributed by atoms with Crippen LogP contribution in [0.15, 0.2) is 71.5 Å². The van der Waals surface area contributed by atoms with Crippen LogP contribution in [-0.2, 0) is 16.1 Å². The van der Waals surface area contributed by atoms with E-state index in [9.17, 15) is 14.4 Å². The van der Waals surface area contributed by atoms with Crippen LogP contribution in [-0.4, -0.2) is 33.2 Å². The lowest BCUT2D eigenvalue weighted by molar-refractivity contribution is -0.119. The summed E-state index contributed by atoms with van der Waals surface area (Å²) in [5.74, 6) is -1.26. The quantitative estimate of drug-likeness (QED) is 0.338. The third-order valence-electron chi connectivity index (χ3n) is 5.65. The molecule has 0 atom stereocenters. The van der Waals surface area contributed by atoms with Crippen molar-refractivity contribution >= 4 is 49.9 Å². The van der Waals surface area contributed by atoms with Crippen LogP contribution in [0.5, 0.6) is 0 Å². The number of esters is 1. The Hall–Kier alpha value is -4.37. The second kappa shape index (κ2) is 9.71. The van der Waals surface area contributed by atoms with E-state index in [1.165, 1.54) is 10.2 Å². The van der Waals surface area contributed by atoms with Crippen molar-refractivity contribution in [1.29, 1.82) is 0 Å². The van der Waals surface area contributed by atoms with E-state index >= 15 is 0 Å². The van der Waals surface area contributed by atoms with Crippen molar-refractivity contribution in [1.82, 2.24) is 14.8 Å². The van der Waals surface area contributed by atoms with Gasteiger partial charge in [0.1, 0.15) is 5.01 Å². The highest BCUT2D eigenvalue weighted by atomic mass is 32.1. The van der Waals surface area contributed by atoms with Gasteiger partial charge in [-0.2, -0.15) is 5.10 Å². The number of carbonyl (C=O) groups excluding carboxylic acids is 2. The van der Waals surface area contributed by atoms with Gasteiger partial charge in [0, 0.05) is 23.2 Å². The summed E-state index contributed by atoms with van der Waals surface area (Å²) in [5.41, 5.74) is 3.37. The van der Waals surface area contributed by atoms with Gasteiger partial charge in [-0.05, 0) is 61.9 Å². The average Bonchev–Trinajstić information content (AvgIpc) is 3.31. The molecule has 2 aromatic heterocycles. The van der Waals surface area contributed by atoms with Gasteiger partial charge in [0.25, 0.3) is 11.5 Å². The molecule has 36 heavy (non-hydrogen) atoms. The monoisotopic (exact) mass is 498 g/mol. The number of ether oxygens (including phenoxy) is 1. The summed E-state index contributed by atoms with van der Waals surface area (Å²) in [6.45, 7) is 3.63. The molecule has 8 nitrogen and oxygen atoms in total. The first kappa shape index (κ1) is 23.4. The number of thiazole rings is 1. The first-order valence-electron chi connectivity index (χ1n) is 11.4. The van der Waals surface area contributed by atoms with Crippen molar-refractivity contribution < 1.29 is 14.3 Å². The first-order valence-corrected chi connectivity index (χ1v) is 12.2. The molecule has 3 aromatic carbocycles. The van der Waals surface area contributed by atoms with Crippen molar-refractivity contribution in [3.05, 3.63) is 88.3 Å². The number of amides is 1. The molecule has 0 bridgehead atoms. The molecular weight excluding hydrogens is 476 g/mol. The molecule has 0 unspecified atom stereocenters. The third-order valence-corrected chi connectivity index (χ3v) is 6.72. The van der Waals surface area contributed by atoms with E-state index < -0.39 is 18.5 Å². The molecule has 0 saturated carbocycles. The summed E-state index contributed by atoms with van der Waals surface area (Å²) < 4.78 is 7.54. The fourth-order valence-electron chi connectivity index (χ4n) is 3.85. The van der Waals surface area contributed by atoms with Crippen molar-refractivity contribution in [2.75, 3.05) is 11.9 Å². The van der Waals surface area contributed by atoms with Gasteiger partial charge in [-0.3, -0.25) is 9.59 Å². The van der Waals surface area contributed by atoms with Gasteiger partial charge < -0.3 is 10.1 Å². The van der Waals surface area contributed by atoms with Gasteiger partial charge in [0.05, 0.1) is 15.6 Å². The molecule has 1 amide bonds. The lowest BCUT2D eigenvalue weighted by Crippen LogP contribution is -2.27. The highest BCUT2D eigenvalue weighted by Gasteiger charge is 2.19. The maximum Gasteiger partial charge on any atom is 0.359 e. The number of fused-ring (bicyclic) bond motifs is 2. The largest absolute Gasteiger partial charge is 0.451 e. The van der Waals surface area contributed by atoms with E-state index in [1.54, 1.807) is 54.7 Å². The normalized spacial score (nSPS) is 11.1. The zero-order valence-corrected chi connectivity index (χ0v) is 20.5. The van der Waals surface area contributed by atoms with E-state index in [1.807, 2.05) is 24.3 Å². The topological polar surface area (TPSA) is 103 Å². The molecule has 0 saturated heterocycles. The number of nitrogens with zero attached hydrogens (tertiary/aromatic N) is 3. The second-order valence-electron chi connectivity index (χ2n) is 8.21. The van der Waals surface area contributed by atoms with Crippen molar-refractivity contribution in [3.63, 3.8) is 0 Å². The number of hydrogen-bond donors (Lipinski definition) is 1. The number of hydrogen-bond acceptors (Lipinski definition) is 7. The third kappa shape index (κ3) is 4.60. The second-order valence-corrected chi connectivity index (χ2v) is 9.24. The maximum atomic E-state index is 12.7. The van der Waals surface area contributed by atoms with Crippen molar-refractivity contribution in [2.45, 2.75) is 20.4 Å². The predicted octanol–water partition coefficient (Wildman–Crippen LogP) is 4.80. The Balaban J connectivity index is 1.25. The molecule has 0 fully saturated rings. The van der Waals surface area contributed by atoms with Crippen LogP contribution in [0.25, 0.3) is 31.6 Å². The van der Waals surface area contributed by atoms with Gasteiger partial charge in [-0.1, -0.05) is 24.3 Å². The van der Waals surface area contributed by atoms with Crippen molar-refractivity contribution in [3.8, 4) is 10.6 Å². The zero-order chi connectivity index (χ0) is 25.2. The number of benzene rings is 3. The first-order chi connectivity index (χ1) is 17.4. The Kier molecular flexibility index (Phi) is 6.30. The molecule has 5 aromatic rings. The SMILES string of the molecule is CCn1nc(C(=O)OCC(=O)Nc2ccc(-c3nc4ccc(C)cc4s3)cc2)c2ccccc2c1=O. The minimum Gasteiger partial charge on any atom is -0.451 e. The van der Waals surface area contributed by atoms with E-state index in [0.29, 0.717) is 23.0 Å². The Morgan fingerprint density at radius 2 is 1.78 bits per heavy atom. The van der Waals surface area contributed by atoms with Crippen LogP contribution in [0.1, 0.15) is 23.0 Å². The lowest BCUT2D eigenvalue weighted by atomic mass is 10.1. The van der Waals surface area contributed by atoms with Crippen molar-refractivity contribution in [2.24, 2.45) is 0 Å². The lowest BCUT2D eigenvalue weighted by Gasteiger charge is -2.10. The standard InChI is InChI=1S/C27H22N4O4S/c1-3-31-26(33)20-7-5-4-6-19(20)24(30-31)27(34)35-15-23(32)28-18-11-9-17(10-12-18)25-29-21-13-8-16(2)14-22(21)36-25/h4-14H,3,15H2,1-2H3,(H,28,32). The Labute approximate surface area is 210 Å². The van der Waals surface area contributed by atoms with Gasteiger partial charge in [0.2, 0.25) is 0 Å². The highest BCUT2D eigenvalue weighted by molar-refractivity contribution is 7.21. The van der Waals surface area contributed by atoms with Crippen LogP contribution >= 0.6 is 11.3 Å². The summed E-state index contributed by atoms with van der Waals surface area (Å²) in [6, 6.07) is 20.2. The Bertz CT molecular complexity index is 1670. The Morgan fingerprint density at radius 3 is 2.53 bits per heavy atom. The van der Waals surface area contributed by atoms with Gasteiger partial charge in [-0.15, -0.1) is 11.3 Å². The number of aryl methyl sites for hydroxylation is 2. The van der Waals surface area contributed by atoms with Crippen LogP contribution in [0, 0.1) is 6.92 Å². The van der Waals surface area contributed by atoms with Crippen LogP contribution in [0.2, 0.25) is 0 Å². The number of rotatable bonds is 6. The van der Waals surface area contributed by atoms with E-state index in [2.05, 4.69) is 28.4 Å². The van der Waals surface area contributed by atoms with Crippen LogP contribution in [0.3, 0.4) is 0 Å². The molecule has 0 radical (unpaired) electrons.